The van der Waals surface area contributed by atoms with E-state index < -0.39 is 0 Å². The first-order valence-corrected chi connectivity index (χ1v) is 8.72. The van der Waals surface area contributed by atoms with Crippen LogP contribution in [0.4, 0.5) is 11.6 Å². The number of rotatable bonds is 2. The van der Waals surface area contributed by atoms with Crippen LogP contribution in [0.5, 0.6) is 0 Å². The fourth-order valence-corrected chi connectivity index (χ4v) is 2.81. The number of hydrogen-bond donors (Lipinski definition) is 2. The Balaban J connectivity index is 0.000000204. The third-order valence-electron chi connectivity index (χ3n) is 3.90. The molecule has 1 aromatic carbocycles. The first kappa shape index (κ1) is 19.8. The van der Waals surface area contributed by atoms with E-state index in [1.807, 2.05) is 6.92 Å². The van der Waals surface area contributed by atoms with Gasteiger partial charge in [-0.2, -0.15) is 5.26 Å². The molecule has 3 aromatic heterocycles. The van der Waals surface area contributed by atoms with E-state index >= 15 is 0 Å². The molecule has 0 spiro atoms. The van der Waals surface area contributed by atoms with Crippen LogP contribution in [-0.2, 0) is 6.42 Å². The van der Waals surface area contributed by atoms with Crippen molar-refractivity contribution in [3.05, 3.63) is 63.6 Å². The van der Waals surface area contributed by atoms with Crippen molar-refractivity contribution in [2.24, 2.45) is 0 Å². The van der Waals surface area contributed by atoms with Crippen molar-refractivity contribution in [1.82, 2.24) is 24.7 Å². The molecular weight excluding hydrogens is 396 g/mol. The third-order valence-corrected chi connectivity index (χ3v) is 4.22. The van der Waals surface area contributed by atoms with Crippen LogP contribution in [0.1, 0.15) is 18.3 Å². The predicted octanol–water partition coefficient (Wildman–Crippen LogP) is 2.10. The first-order valence-electron chi connectivity index (χ1n) is 8.34. The molecule has 29 heavy (non-hydrogen) atoms. The molecule has 0 unspecified atom stereocenters. The molecule has 10 nitrogen and oxygen atoms in total. The summed E-state index contributed by atoms with van der Waals surface area (Å²) < 4.78 is 6.22. The van der Waals surface area contributed by atoms with Crippen LogP contribution >= 0.6 is 11.6 Å². The fraction of sp³-hybridized carbons (Fsp3) is 0.111. The van der Waals surface area contributed by atoms with Crippen molar-refractivity contribution in [3.8, 4) is 11.9 Å². The van der Waals surface area contributed by atoms with Gasteiger partial charge in [-0.3, -0.25) is 4.79 Å². The van der Waals surface area contributed by atoms with Crippen molar-refractivity contribution in [3.63, 3.8) is 0 Å². The lowest BCUT2D eigenvalue weighted by Crippen LogP contribution is -2.24. The summed E-state index contributed by atoms with van der Waals surface area (Å²) in [4.78, 5) is 24.2. The number of aromatic nitrogens is 5. The van der Waals surface area contributed by atoms with Crippen molar-refractivity contribution in [2.45, 2.75) is 13.3 Å². The highest BCUT2D eigenvalue weighted by Gasteiger charge is 2.15. The summed E-state index contributed by atoms with van der Waals surface area (Å²) in [5.74, 6) is 1.27. The van der Waals surface area contributed by atoms with Gasteiger partial charge < -0.3 is 16.0 Å². The minimum absolute atomic E-state index is 0.120. The van der Waals surface area contributed by atoms with Gasteiger partial charge in [0.15, 0.2) is 5.82 Å². The SMILES string of the molecule is CCc1nc2cccc(Cl)c2c(=O)n1-c1ccon1.N#Cc1c(N)ncnc1N. The zero-order valence-electron chi connectivity index (χ0n) is 15.2. The molecule has 146 valence electrons. The van der Waals surface area contributed by atoms with E-state index in [9.17, 15) is 4.79 Å². The van der Waals surface area contributed by atoms with Gasteiger partial charge in [-0.15, -0.1) is 0 Å². The number of aryl methyl sites for hydroxylation is 1. The Labute approximate surface area is 169 Å². The minimum Gasteiger partial charge on any atom is -0.382 e. The zero-order valence-corrected chi connectivity index (χ0v) is 16.0. The average molecular weight is 411 g/mol. The van der Waals surface area contributed by atoms with E-state index in [1.54, 1.807) is 30.3 Å². The fourth-order valence-electron chi connectivity index (χ4n) is 2.56. The predicted molar refractivity (Wildman–Crippen MR) is 107 cm³/mol. The van der Waals surface area contributed by atoms with Crippen molar-refractivity contribution < 1.29 is 4.52 Å². The van der Waals surface area contributed by atoms with Crippen LogP contribution in [0, 0.1) is 11.3 Å². The highest BCUT2D eigenvalue weighted by molar-refractivity contribution is 6.35. The summed E-state index contributed by atoms with van der Waals surface area (Å²) >= 11 is 6.09. The quantitative estimate of drug-likeness (QED) is 0.503. The van der Waals surface area contributed by atoms with E-state index in [0.29, 0.717) is 34.0 Å². The highest BCUT2D eigenvalue weighted by Crippen LogP contribution is 2.20. The van der Waals surface area contributed by atoms with Gasteiger partial charge in [-0.05, 0) is 12.1 Å². The Kier molecular flexibility index (Phi) is 5.71. The third kappa shape index (κ3) is 3.85. The lowest BCUT2D eigenvalue weighted by molar-refractivity contribution is 0.415. The Hall–Kier alpha value is -3.97. The van der Waals surface area contributed by atoms with Crippen LogP contribution in [0.15, 0.2) is 46.2 Å². The van der Waals surface area contributed by atoms with E-state index in [1.165, 1.54) is 17.2 Å². The minimum atomic E-state index is -0.235. The van der Waals surface area contributed by atoms with Gasteiger partial charge in [-0.25, -0.2) is 19.5 Å². The van der Waals surface area contributed by atoms with Crippen LogP contribution in [0.25, 0.3) is 16.7 Å². The number of nitrogen functional groups attached to an aromatic ring is 2. The zero-order chi connectivity index (χ0) is 21.0. The number of nitriles is 1. The molecule has 0 atom stereocenters. The van der Waals surface area contributed by atoms with E-state index in [-0.39, 0.29) is 22.8 Å². The summed E-state index contributed by atoms with van der Waals surface area (Å²) in [6.07, 6.45) is 3.23. The van der Waals surface area contributed by atoms with E-state index in [0.717, 1.165) is 0 Å². The molecule has 0 saturated heterocycles. The van der Waals surface area contributed by atoms with Gasteiger partial charge in [0, 0.05) is 12.5 Å². The molecule has 0 aliphatic carbocycles. The number of halogens is 1. The van der Waals surface area contributed by atoms with Gasteiger partial charge in [0.1, 0.15) is 41.7 Å². The van der Waals surface area contributed by atoms with E-state index in [2.05, 4.69) is 20.1 Å². The van der Waals surface area contributed by atoms with Gasteiger partial charge in [0.25, 0.3) is 5.56 Å². The molecule has 0 aliphatic heterocycles. The van der Waals surface area contributed by atoms with Crippen molar-refractivity contribution in [1.29, 1.82) is 5.26 Å². The second-order valence-corrected chi connectivity index (χ2v) is 6.05. The second kappa shape index (κ2) is 8.37. The average Bonchev–Trinajstić information content (AvgIpc) is 3.22. The maximum atomic E-state index is 12.6. The molecule has 0 amide bonds. The maximum Gasteiger partial charge on any atom is 0.268 e. The van der Waals surface area contributed by atoms with Gasteiger partial charge in [0.2, 0.25) is 0 Å². The summed E-state index contributed by atoms with van der Waals surface area (Å²) in [5.41, 5.74) is 11.1. The number of hydrogen-bond acceptors (Lipinski definition) is 9. The number of nitrogens with two attached hydrogens (primary N) is 2. The monoisotopic (exact) mass is 410 g/mol. The topological polar surface area (TPSA) is 163 Å². The Morgan fingerprint density at radius 1 is 1.24 bits per heavy atom. The lowest BCUT2D eigenvalue weighted by atomic mass is 10.2. The highest BCUT2D eigenvalue weighted by atomic mass is 35.5. The Bertz CT molecular complexity index is 1240. The summed E-state index contributed by atoms with van der Waals surface area (Å²) in [7, 11) is 0. The molecular formula is C18H15ClN8O2. The smallest absolute Gasteiger partial charge is 0.268 e. The summed E-state index contributed by atoms with van der Waals surface area (Å²) in [5, 5.41) is 13.0. The number of nitrogens with zero attached hydrogens (tertiary/aromatic N) is 6. The van der Waals surface area contributed by atoms with Gasteiger partial charge in [0.05, 0.1) is 15.9 Å². The maximum absolute atomic E-state index is 12.6. The van der Waals surface area contributed by atoms with Crippen LogP contribution in [0.3, 0.4) is 0 Å². The molecule has 0 fully saturated rings. The molecule has 0 bridgehead atoms. The molecule has 4 aromatic rings. The van der Waals surface area contributed by atoms with Crippen LogP contribution in [-0.4, -0.2) is 24.7 Å². The van der Waals surface area contributed by atoms with Crippen LogP contribution < -0.4 is 17.0 Å². The molecule has 0 radical (unpaired) electrons. The second-order valence-electron chi connectivity index (χ2n) is 5.64. The Morgan fingerprint density at radius 3 is 2.52 bits per heavy atom. The molecule has 3 heterocycles. The number of anilines is 2. The van der Waals surface area contributed by atoms with Gasteiger partial charge in [-0.1, -0.05) is 29.7 Å². The molecule has 4 N–H and O–H groups in total. The first-order chi connectivity index (χ1) is 14.0. The van der Waals surface area contributed by atoms with E-state index in [4.69, 9.17) is 32.9 Å². The largest absolute Gasteiger partial charge is 0.382 e. The van der Waals surface area contributed by atoms with Gasteiger partial charge >= 0.3 is 0 Å². The van der Waals surface area contributed by atoms with Crippen LogP contribution in [0.2, 0.25) is 5.02 Å². The molecule has 0 saturated carbocycles. The number of fused-ring (bicyclic) bond motifs is 1. The summed E-state index contributed by atoms with van der Waals surface area (Å²) in [6, 6.07) is 8.62. The van der Waals surface area contributed by atoms with Crippen molar-refractivity contribution >= 4 is 34.1 Å². The standard InChI is InChI=1S/C13H10ClN3O2.C5H5N5/c1-2-10-15-9-5-3-4-8(14)12(9)13(18)17(10)11-6-7-19-16-11;6-1-3-4(7)9-2-10-5(3)8/h3-7H,2H2,1H3;2H,(H4,7,8,9,10). The normalized spacial score (nSPS) is 10.2. The number of benzene rings is 1. The molecule has 4 rings (SSSR count). The molecule has 11 heteroatoms. The molecule has 0 aliphatic rings. The summed E-state index contributed by atoms with van der Waals surface area (Å²) in [6.45, 7) is 1.93. The lowest BCUT2D eigenvalue weighted by Gasteiger charge is -2.09. The Morgan fingerprint density at radius 2 is 1.97 bits per heavy atom. The van der Waals surface area contributed by atoms with Crippen molar-refractivity contribution in [2.75, 3.05) is 11.5 Å².